The highest BCUT2D eigenvalue weighted by molar-refractivity contribution is 5.97. The largest absolute Gasteiger partial charge is 0.361 e. The molecular weight excluding hydrogens is 382 g/mol. The molecule has 8 nitrogen and oxygen atoms in total. The molecule has 2 aliphatic heterocycles. The average Bonchev–Trinajstić information content (AvgIpc) is 3.13. The minimum atomic E-state index is -0.524. The minimum Gasteiger partial charge on any atom is -0.361 e. The Kier molecular flexibility index (Phi) is 4.48. The van der Waals surface area contributed by atoms with Gasteiger partial charge in [-0.05, 0) is 51.9 Å². The van der Waals surface area contributed by atoms with Gasteiger partial charge in [-0.3, -0.25) is 9.59 Å². The van der Waals surface area contributed by atoms with Gasteiger partial charge in [0.05, 0.1) is 29.2 Å². The van der Waals surface area contributed by atoms with E-state index in [2.05, 4.69) is 15.0 Å². The first kappa shape index (κ1) is 19.3. The Morgan fingerprint density at radius 1 is 1.33 bits per heavy atom. The number of imidazole rings is 1. The summed E-state index contributed by atoms with van der Waals surface area (Å²) in [6.45, 7) is 5.68. The van der Waals surface area contributed by atoms with Crippen molar-refractivity contribution in [3.05, 3.63) is 35.2 Å². The molecule has 2 saturated heterocycles. The van der Waals surface area contributed by atoms with Crippen LogP contribution < -0.4 is 0 Å². The molecule has 2 aromatic rings. The number of amides is 2. The van der Waals surface area contributed by atoms with Crippen molar-refractivity contribution in [2.45, 2.75) is 52.0 Å². The molecule has 1 aliphatic carbocycles. The number of piperidine rings is 1. The quantitative estimate of drug-likeness (QED) is 0.772. The maximum absolute atomic E-state index is 13.6. The lowest BCUT2D eigenvalue weighted by atomic mass is 9.76. The molecule has 1 saturated carbocycles. The normalized spacial score (nSPS) is 26.8. The molecule has 0 N–H and O–H groups in total. The molecule has 0 bridgehead atoms. The molecule has 0 unspecified atom stereocenters. The molecule has 2 aromatic heterocycles. The van der Waals surface area contributed by atoms with Crippen molar-refractivity contribution >= 4 is 11.8 Å². The van der Waals surface area contributed by atoms with E-state index < -0.39 is 5.41 Å². The van der Waals surface area contributed by atoms with Gasteiger partial charge in [0.1, 0.15) is 11.3 Å². The van der Waals surface area contributed by atoms with E-state index in [0.717, 1.165) is 31.6 Å². The van der Waals surface area contributed by atoms with Crippen molar-refractivity contribution in [2.24, 2.45) is 18.4 Å². The summed E-state index contributed by atoms with van der Waals surface area (Å²) in [4.78, 5) is 35.7. The maximum Gasteiger partial charge on any atom is 0.259 e. The Balaban J connectivity index is 1.50. The summed E-state index contributed by atoms with van der Waals surface area (Å²) in [5, 5.41) is 3.96. The number of carbonyl (C=O) groups excluding carboxylic acids is 2. The summed E-state index contributed by atoms with van der Waals surface area (Å²) in [6.07, 6.45) is 8.59. The van der Waals surface area contributed by atoms with Gasteiger partial charge in [-0.15, -0.1) is 0 Å². The topological polar surface area (TPSA) is 84.5 Å². The molecule has 3 fully saturated rings. The van der Waals surface area contributed by atoms with Crippen molar-refractivity contribution in [3.8, 4) is 0 Å². The van der Waals surface area contributed by atoms with E-state index in [-0.39, 0.29) is 17.9 Å². The highest BCUT2D eigenvalue weighted by Gasteiger charge is 2.55. The van der Waals surface area contributed by atoms with E-state index in [0.29, 0.717) is 35.9 Å². The van der Waals surface area contributed by atoms with Crippen LogP contribution in [0.1, 0.15) is 65.7 Å². The number of nitrogens with zero attached hydrogens (tertiary/aromatic N) is 5. The van der Waals surface area contributed by atoms with Gasteiger partial charge in [0.15, 0.2) is 0 Å². The predicted octanol–water partition coefficient (Wildman–Crippen LogP) is 2.63. The van der Waals surface area contributed by atoms with E-state index in [4.69, 9.17) is 4.52 Å². The van der Waals surface area contributed by atoms with Crippen LogP contribution in [0, 0.1) is 25.2 Å². The smallest absolute Gasteiger partial charge is 0.259 e. The monoisotopic (exact) mass is 411 g/mol. The highest BCUT2D eigenvalue weighted by atomic mass is 16.5. The molecule has 8 heteroatoms. The fourth-order valence-corrected chi connectivity index (χ4v) is 5.27. The molecule has 1 spiro atoms. The summed E-state index contributed by atoms with van der Waals surface area (Å²) in [5.74, 6) is 1.28. The van der Waals surface area contributed by atoms with Crippen LogP contribution in [0.4, 0.5) is 0 Å². The highest BCUT2D eigenvalue weighted by Crippen LogP contribution is 2.49. The fraction of sp³-hybridized carbons (Fsp3) is 0.636. The minimum absolute atomic E-state index is 0.120. The molecule has 5 rings (SSSR count). The molecule has 160 valence electrons. The van der Waals surface area contributed by atoms with Crippen LogP contribution in [0.15, 0.2) is 17.0 Å². The second kappa shape index (κ2) is 6.96. The van der Waals surface area contributed by atoms with Crippen LogP contribution in [-0.2, 0) is 11.8 Å². The number of carbonyl (C=O) groups is 2. The zero-order chi connectivity index (χ0) is 21.0. The second-order valence-electron chi connectivity index (χ2n) is 9.39. The van der Waals surface area contributed by atoms with Crippen molar-refractivity contribution in [1.29, 1.82) is 0 Å². The standard InChI is InChI=1S/C22H29N5O3/c1-14-19(15(2)30-24-14)20(28)27-12-22(9-18(27)17-11-25(3)13-23-17)7-4-8-26(21(22)29)10-16-5-6-16/h11,13,16,18H,4-10,12H2,1-3H3/t18-,22+/m0/s1. The van der Waals surface area contributed by atoms with Gasteiger partial charge in [-0.25, -0.2) is 4.98 Å². The van der Waals surface area contributed by atoms with Crippen LogP contribution in [0.25, 0.3) is 0 Å². The number of aryl methyl sites for hydroxylation is 3. The van der Waals surface area contributed by atoms with Crippen LogP contribution in [0.3, 0.4) is 0 Å². The lowest BCUT2D eigenvalue weighted by molar-refractivity contribution is -0.145. The summed E-state index contributed by atoms with van der Waals surface area (Å²) in [6, 6.07) is -0.225. The summed E-state index contributed by atoms with van der Waals surface area (Å²) in [7, 11) is 1.92. The predicted molar refractivity (Wildman–Crippen MR) is 109 cm³/mol. The number of hydrogen-bond acceptors (Lipinski definition) is 5. The van der Waals surface area contributed by atoms with Gasteiger partial charge in [0, 0.05) is 32.9 Å². The van der Waals surface area contributed by atoms with Gasteiger partial charge in [0.2, 0.25) is 5.91 Å². The lowest BCUT2D eigenvalue weighted by Gasteiger charge is -2.39. The number of hydrogen-bond donors (Lipinski definition) is 0. The Hall–Kier alpha value is -2.64. The van der Waals surface area contributed by atoms with Gasteiger partial charge >= 0.3 is 0 Å². The first-order valence-corrected chi connectivity index (χ1v) is 10.9. The van der Waals surface area contributed by atoms with Gasteiger partial charge in [-0.2, -0.15) is 0 Å². The van der Waals surface area contributed by atoms with E-state index in [1.807, 2.05) is 22.7 Å². The van der Waals surface area contributed by atoms with E-state index in [1.165, 1.54) is 12.8 Å². The zero-order valence-corrected chi connectivity index (χ0v) is 17.9. The van der Waals surface area contributed by atoms with Gasteiger partial charge in [0.25, 0.3) is 5.91 Å². The summed E-state index contributed by atoms with van der Waals surface area (Å²) >= 11 is 0. The molecular formula is C22H29N5O3. The van der Waals surface area contributed by atoms with Crippen molar-refractivity contribution in [2.75, 3.05) is 19.6 Å². The Morgan fingerprint density at radius 3 is 2.77 bits per heavy atom. The van der Waals surface area contributed by atoms with E-state index in [1.54, 1.807) is 20.2 Å². The van der Waals surface area contributed by atoms with Crippen LogP contribution in [0.5, 0.6) is 0 Å². The number of likely N-dealkylation sites (tertiary alicyclic amines) is 2. The Labute approximate surface area is 176 Å². The fourth-order valence-electron chi connectivity index (χ4n) is 5.27. The Morgan fingerprint density at radius 2 is 2.13 bits per heavy atom. The lowest BCUT2D eigenvalue weighted by Crippen LogP contribution is -2.51. The van der Waals surface area contributed by atoms with E-state index in [9.17, 15) is 9.59 Å². The Bertz CT molecular complexity index is 971. The molecule has 3 aliphatic rings. The van der Waals surface area contributed by atoms with Crippen molar-refractivity contribution < 1.29 is 14.1 Å². The van der Waals surface area contributed by atoms with Crippen molar-refractivity contribution in [1.82, 2.24) is 24.5 Å². The van der Waals surface area contributed by atoms with E-state index >= 15 is 0 Å². The second-order valence-corrected chi connectivity index (χ2v) is 9.39. The molecule has 0 radical (unpaired) electrons. The summed E-state index contributed by atoms with van der Waals surface area (Å²) < 4.78 is 7.14. The third-order valence-corrected chi connectivity index (χ3v) is 7.01. The SMILES string of the molecule is Cc1noc(C)c1C(=O)N1C[C@@]2(CCCN(CC3CC3)C2=O)C[C@H]1c1cn(C)cn1. The molecule has 4 heterocycles. The number of aromatic nitrogens is 3. The zero-order valence-electron chi connectivity index (χ0n) is 17.9. The third-order valence-electron chi connectivity index (χ3n) is 7.01. The van der Waals surface area contributed by atoms with Crippen molar-refractivity contribution in [3.63, 3.8) is 0 Å². The van der Waals surface area contributed by atoms with Gasteiger partial charge < -0.3 is 18.9 Å². The first-order valence-electron chi connectivity index (χ1n) is 10.9. The molecule has 30 heavy (non-hydrogen) atoms. The summed E-state index contributed by atoms with van der Waals surface area (Å²) in [5.41, 5.74) is 1.40. The van der Waals surface area contributed by atoms with Crippen LogP contribution >= 0.6 is 0 Å². The molecule has 2 amide bonds. The first-order chi connectivity index (χ1) is 14.4. The molecule has 2 atom stereocenters. The maximum atomic E-state index is 13.6. The van der Waals surface area contributed by atoms with Gasteiger partial charge in [-0.1, -0.05) is 5.16 Å². The third kappa shape index (κ3) is 3.13. The van der Waals surface area contributed by atoms with Crippen LogP contribution in [-0.4, -0.2) is 56.0 Å². The van der Waals surface area contributed by atoms with Crippen LogP contribution in [0.2, 0.25) is 0 Å². The molecule has 0 aromatic carbocycles. The average molecular weight is 412 g/mol. The number of rotatable bonds is 4.